The quantitative estimate of drug-likeness (QED) is 0.488. The number of rotatable bonds is 5. The molecule has 100 valence electrons. The van der Waals surface area contributed by atoms with E-state index in [9.17, 15) is 4.79 Å². The van der Waals surface area contributed by atoms with Crippen LogP contribution in [0.25, 0.3) is 0 Å². The lowest BCUT2D eigenvalue weighted by atomic mass is 10.3. The Morgan fingerprint density at radius 1 is 1.68 bits per heavy atom. The van der Waals surface area contributed by atoms with E-state index in [-0.39, 0.29) is 5.97 Å². The highest BCUT2D eigenvalue weighted by Gasteiger charge is 2.15. The van der Waals surface area contributed by atoms with Crippen LogP contribution in [0.2, 0.25) is 0 Å². The van der Waals surface area contributed by atoms with Crippen molar-refractivity contribution in [3.05, 3.63) is 16.5 Å². The van der Waals surface area contributed by atoms with Crippen LogP contribution in [0, 0.1) is 6.92 Å². The fraction of sp³-hybridized carbons (Fsp3) is 0.300. The molecule has 0 radical (unpaired) electrons. The molecule has 0 bridgehead atoms. The lowest BCUT2D eigenvalue weighted by Crippen LogP contribution is -2.03. The van der Waals surface area contributed by atoms with E-state index in [4.69, 9.17) is 4.74 Å². The third kappa shape index (κ3) is 3.35. The minimum absolute atomic E-state index is 0.332. The molecule has 2 N–H and O–H groups in total. The first kappa shape index (κ1) is 13.1. The molecular weight excluding hydrogens is 268 g/mol. The van der Waals surface area contributed by atoms with Crippen molar-refractivity contribution in [3.63, 3.8) is 0 Å². The number of esters is 1. The number of hydrogen-bond donors (Lipinski definition) is 2. The summed E-state index contributed by atoms with van der Waals surface area (Å²) in [5, 5.41) is 16.3. The smallest absolute Gasteiger partial charge is 0.341 e. The van der Waals surface area contributed by atoms with Gasteiger partial charge in [0.15, 0.2) is 0 Å². The highest BCUT2D eigenvalue weighted by Crippen LogP contribution is 2.30. The van der Waals surface area contributed by atoms with Crippen molar-refractivity contribution in [2.75, 3.05) is 11.9 Å². The topological polar surface area (TPSA) is 105 Å². The third-order valence-electron chi connectivity index (χ3n) is 2.06. The molecule has 0 amide bonds. The molecule has 0 unspecified atom stereocenters. The number of nitrogens with one attached hydrogen (secondary N) is 2. The number of H-pyrrole nitrogens is 1. The van der Waals surface area contributed by atoms with Gasteiger partial charge in [0.25, 0.3) is 0 Å². The summed E-state index contributed by atoms with van der Waals surface area (Å²) in [6.07, 6.45) is 1.41. The second-order valence-electron chi connectivity index (χ2n) is 3.45. The van der Waals surface area contributed by atoms with Gasteiger partial charge in [0.2, 0.25) is 5.95 Å². The minimum Gasteiger partial charge on any atom is -0.462 e. The maximum Gasteiger partial charge on any atom is 0.341 e. The lowest BCUT2D eigenvalue weighted by molar-refractivity contribution is 0.0528. The fourth-order valence-corrected chi connectivity index (χ4v) is 2.16. The SMILES string of the molecule is CCOC(=O)c1cc(C)sc1/N=C/Nc1nnn[nH]1. The molecule has 0 spiro atoms. The zero-order chi connectivity index (χ0) is 13.7. The average molecular weight is 280 g/mol. The summed E-state index contributed by atoms with van der Waals surface area (Å²) >= 11 is 1.41. The number of ether oxygens (including phenoxy) is 1. The number of aromatic nitrogens is 4. The number of anilines is 1. The molecule has 0 aliphatic carbocycles. The van der Waals surface area contributed by atoms with Gasteiger partial charge in [-0.2, -0.15) is 0 Å². The Bertz CT molecular complexity index is 577. The summed E-state index contributed by atoms with van der Waals surface area (Å²) < 4.78 is 4.97. The van der Waals surface area contributed by atoms with Gasteiger partial charge in [0.05, 0.1) is 18.5 Å². The Morgan fingerprint density at radius 2 is 2.53 bits per heavy atom. The van der Waals surface area contributed by atoms with Crippen LogP contribution in [-0.4, -0.2) is 39.5 Å². The van der Waals surface area contributed by atoms with Gasteiger partial charge in [0.1, 0.15) is 5.00 Å². The van der Waals surface area contributed by atoms with E-state index in [0.717, 1.165) is 4.88 Å². The van der Waals surface area contributed by atoms with Gasteiger partial charge in [0, 0.05) is 4.88 Å². The third-order valence-corrected chi connectivity index (χ3v) is 3.02. The molecule has 2 aromatic heterocycles. The van der Waals surface area contributed by atoms with Gasteiger partial charge < -0.3 is 10.1 Å². The number of thiophene rings is 1. The number of aromatic amines is 1. The summed E-state index contributed by atoms with van der Waals surface area (Å²) in [6, 6.07) is 1.76. The molecule has 19 heavy (non-hydrogen) atoms. The van der Waals surface area contributed by atoms with Crippen molar-refractivity contribution in [3.8, 4) is 0 Å². The summed E-state index contributed by atoms with van der Waals surface area (Å²) in [6.45, 7) is 4.00. The molecule has 2 aromatic rings. The highest BCUT2D eigenvalue weighted by molar-refractivity contribution is 7.16. The van der Waals surface area contributed by atoms with Crippen molar-refractivity contribution in [1.29, 1.82) is 0 Å². The fourth-order valence-electron chi connectivity index (χ4n) is 1.33. The van der Waals surface area contributed by atoms with Gasteiger partial charge in [-0.25, -0.2) is 14.9 Å². The molecule has 0 atom stereocenters. The van der Waals surface area contributed by atoms with E-state index in [2.05, 4.69) is 30.9 Å². The summed E-state index contributed by atoms with van der Waals surface area (Å²) in [5.74, 6) is -0.00459. The van der Waals surface area contributed by atoms with E-state index >= 15 is 0 Å². The Balaban J connectivity index is 2.11. The molecule has 9 heteroatoms. The molecule has 2 heterocycles. The number of aryl methyl sites for hydroxylation is 1. The van der Waals surface area contributed by atoms with Crippen molar-refractivity contribution in [2.45, 2.75) is 13.8 Å². The molecule has 0 fully saturated rings. The molecule has 2 rings (SSSR count). The largest absolute Gasteiger partial charge is 0.462 e. The van der Waals surface area contributed by atoms with Crippen LogP contribution >= 0.6 is 11.3 Å². The lowest BCUT2D eigenvalue weighted by Gasteiger charge is -1.99. The molecule has 0 saturated heterocycles. The molecule has 0 aliphatic heterocycles. The van der Waals surface area contributed by atoms with Gasteiger partial charge in [-0.3, -0.25) is 0 Å². The first-order valence-corrected chi connectivity index (χ1v) is 6.32. The molecule has 8 nitrogen and oxygen atoms in total. The van der Waals surface area contributed by atoms with Gasteiger partial charge in [-0.05, 0) is 30.3 Å². The average Bonchev–Trinajstić information content (AvgIpc) is 2.99. The standard InChI is InChI=1S/C10H12N6O2S/c1-3-18-9(17)7-4-6(2)19-8(7)11-5-12-10-13-15-16-14-10/h4-5H,3H2,1-2H3,(H2,11,12,13,14,15,16). The molecule has 0 aromatic carbocycles. The Kier molecular flexibility index (Phi) is 4.18. The van der Waals surface area contributed by atoms with Crippen LogP contribution in [0.5, 0.6) is 0 Å². The molecule has 0 saturated carbocycles. The number of aliphatic imine (C=N–C) groups is 1. The van der Waals surface area contributed by atoms with Gasteiger partial charge in [-0.15, -0.1) is 11.3 Å². The van der Waals surface area contributed by atoms with E-state index in [1.54, 1.807) is 13.0 Å². The van der Waals surface area contributed by atoms with Crippen molar-refractivity contribution < 1.29 is 9.53 Å². The van der Waals surface area contributed by atoms with E-state index in [1.165, 1.54) is 17.7 Å². The summed E-state index contributed by atoms with van der Waals surface area (Å²) in [4.78, 5) is 16.9. The number of nitrogens with zero attached hydrogens (tertiary/aromatic N) is 4. The second-order valence-corrected chi connectivity index (χ2v) is 4.68. The first-order valence-electron chi connectivity index (χ1n) is 5.51. The van der Waals surface area contributed by atoms with E-state index in [1.807, 2.05) is 6.92 Å². The predicted octanol–water partition coefficient (Wildman–Crippen LogP) is 1.52. The monoisotopic (exact) mass is 280 g/mol. The van der Waals surface area contributed by atoms with Crippen LogP contribution < -0.4 is 5.32 Å². The van der Waals surface area contributed by atoms with E-state index in [0.29, 0.717) is 23.1 Å². The maximum absolute atomic E-state index is 11.7. The van der Waals surface area contributed by atoms with Crippen LogP contribution in [-0.2, 0) is 4.74 Å². The Labute approximate surface area is 112 Å². The highest BCUT2D eigenvalue weighted by atomic mass is 32.1. The summed E-state index contributed by atoms with van der Waals surface area (Å²) in [7, 11) is 0. The summed E-state index contributed by atoms with van der Waals surface area (Å²) in [5.41, 5.74) is 0.457. The second kappa shape index (κ2) is 6.05. The van der Waals surface area contributed by atoms with Crippen molar-refractivity contribution >= 4 is 34.6 Å². The number of tetrazole rings is 1. The Hall–Kier alpha value is -2.29. The van der Waals surface area contributed by atoms with Crippen molar-refractivity contribution in [1.82, 2.24) is 20.6 Å². The Morgan fingerprint density at radius 3 is 3.21 bits per heavy atom. The van der Waals surface area contributed by atoms with Crippen LogP contribution in [0.15, 0.2) is 11.1 Å². The predicted molar refractivity (Wildman–Crippen MR) is 71.0 cm³/mol. The van der Waals surface area contributed by atoms with Gasteiger partial charge >= 0.3 is 5.97 Å². The van der Waals surface area contributed by atoms with Crippen LogP contribution in [0.1, 0.15) is 22.2 Å². The zero-order valence-electron chi connectivity index (χ0n) is 10.4. The van der Waals surface area contributed by atoms with Crippen LogP contribution in [0.3, 0.4) is 0 Å². The number of hydrogen-bond acceptors (Lipinski definition) is 7. The molecule has 0 aliphatic rings. The zero-order valence-corrected chi connectivity index (χ0v) is 11.2. The van der Waals surface area contributed by atoms with Gasteiger partial charge in [-0.1, -0.05) is 5.10 Å². The first-order chi connectivity index (χ1) is 9.20. The molecular formula is C10H12N6O2S. The number of carbonyl (C=O) groups is 1. The van der Waals surface area contributed by atoms with Crippen molar-refractivity contribution in [2.24, 2.45) is 4.99 Å². The minimum atomic E-state index is -0.375. The maximum atomic E-state index is 11.7. The van der Waals surface area contributed by atoms with E-state index < -0.39 is 0 Å². The normalized spacial score (nSPS) is 10.8. The number of carbonyl (C=O) groups excluding carboxylic acids is 1. The van der Waals surface area contributed by atoms with Crippen LogP contribution in [0.4, 0.5) is 10.9 Å².